The Kier molecular flexibility index (Phi) is 5.80. The fraction of sp³-hybridized carbons (Fsp3) is 0.150. The summed E-state index contributed by atoms with van der Waals surface area (Å²) in [5, 5.41) is 9.90. The van der Waals surface area contributed by atoms with Crippen molar-refractivity contribution in [2.24, 2.45) is 0 Å². The van der Waals surface area contributed by atoms with Gasteiger partial charge < -0.3 is 5.32 Å². The van der Waals surface area contributed by atoms with Crippen molar-refractivity contribution in [2.45, 2.75) is 28.9 Å². The summed E-state index contributed by atoms with van der Waals surface area (Å²) in [6.07, 6.45) is 0.603. The first-order valence-corrected chi connectivity index (χ1v) is 11.0. The third-order valence-corrected chi connectivity index (χ3v) is 6.41. The minimum atomic E-state index is -4.45. The molecule has 0 radical (unpaired) electrons. The fourth-order valence-electron chi connectivity index (χ4n) is 3.00. The molecule has 0 bridgehead atoms. The van der Waals surface area contributed by atoms with E-state index in [2.05, 4.69) is 30.5 Å². The molecule has 0 aliphatic heterocycles. The van der Waals surface area contributed by atoms with E-state index < -0.39 is 22.3 Å². The first-order chi connectivity index (χ1) is 15.6. The summed E-state index contributed by atoms with van der Waals surface area (Å²) in [7, 11) is -3.62. The van der Waals surface area contributed by atoms with Crippen LogP contribution < -0.4 is 5.32 Å². The summed E-state index contributed by atoms with van der Waals surface area (Å²) in [5.41, 5.74) is 1.14. The van der Waals surface area contributed by atoms with E-state index in [1.54, 1.807) is 12.3 Å². The molecule has 0 aliphatic rings. The monoisotopic (exact) mass is 475 g/mol. The van der Waals surface area contributed by atoms with Gasteiger partial charge in [-0.05, 0) is 29.8 Å². The molecule has 0 saturated carbocycles. The lowest BCUT2D eigenvalue weighted by Gasteiger charge is -2.11. The van der Waals surface area contributed by atoms with Gasteiger partial charge in [0, 0.05) is 30.2 Å². The molecule has 13 heteroatoms. The lowest BCUT2D eigenvalue weighted by molar-refractivity contribution is -0.127. The molecule has 0 aliphatic carbocycles. The van der Waals surface area contributed by atoms with E-state index in [0.717, 1.165) is 18.5 Å². The average molecular weight is 475 g/mol. The van der Waals surface area contributed by atoms with Crippen molar-refractivity contribution in [1.82, 2.24) is 30.5 Å². The zero-order chi connectivity index (χ0) is 23.6. The summed E-state index contributed by atoms with van der Waals surface area (Å²) >= 11 is 0. The van der Waals surface area contributed by atoms with Crippen molar-refractivity contribution in [2.75, 3.05) is 0 Å². The van der Waals surface area contributed by atoms with Gasteiger partial charge >= 0.3 is 6.18 Å². The number of carbonyl (C=O) groups excluding carboxylic acids is 1. The van der Waals surface area contributed by atoms with Crippen LogP contribution in [0.25, 0.3) is 11.0 Å². The molecule has 1 atom stereocenters. The Hall–Kier alpha value is -3.87. The maximum Gasteiger partial charge on any atom is 0.393 e. The summed E-state index contributed by atoms with van der Waals surface area (Å²) in [6, 6.07) is 5.57. The van der Waals surface area contributed by atoms with Crippen LogP contribution in [0.3, 0.4) is 0 Å². The number of nitrogens with one attached hydrogen (secondary N) is 3. The summed E-state index contributed by atoms with van der Waals surface area (Å²) in [4.78, 5) is 24.1. The van der Waals surface area contributed by atoms with E-state index in [9.17, 15) is 22.2 Å². The molecule has 1 amide bonds. The molecule has 9 nitrogen and oxygen atoms in total. The molecule has 1 unspecified atom stereocenters. The smallest absolute Gasteiger partial charge is 0.346 e. The zero-order valence-corrected chi connectivity index (χ0v) is 17.6. The minimum Gasteiger partial charge on any atom is -0.346 e. The van der Waals surface area contributed by atoms with Crippen LogP contribution >= 0.6 is 0 Å². The van der Waals surface area contributed by atoms with Gasteiger partial charge in [0.2, 0.25) is 0 Å². The Labute approximate surface area is 185 Å². The van der Waals surface area contributed by atoms with E-state index in [4.69, 9.17) is 4.78 Å². The van der Waals surface area contributed by atoms with Crippen LogP contribution in [0.1, 0.15) is 21.6 Å². The molecule has 33 heavy (non-hydrogen) atoms. The number of nitrogens with zero attached hydrogens (tertiary/aromatic N) is 4. The summed E-state index contributed by atoms with van der Waals surface area (Å²) in [5.74, 6) is -0.381. The number of amides is 1. The lowest BCUT2D eigenvalue weighted by Crippen LogP contribution is -2.23. The van der Waals surface area contributed by atoms with Gasteiger partial charge in [-0.15, -0.1) is 0 Å². The van der Waals surface area contributed by atoms with Crippen molar-refractivity contribution in [3.8, 4) is 0 Å². The van der Waals surface area contributed by atoms with E-state index in [1.165, 1.54) is 24.5 Å². The quantitative estimate of drug-likeness (QED) is 0.392. The first-order valence-electron chi connectivity index (χ1n) is 9.43. The number of rotatable bonds is 6. The van der Waals surface area contributed by atoms with E-state index in [1.807, 2.05) is 0 Å². The predicted octanol–water partition coefficient (Wildman–Crippen LogP) is 3.25. The number of carbonyl (C=O) groups is 1. The molecule has 0 fully saturated rings. The molecule has 4 rings (SSSR count). The van der Waals surface area contributed by atoms with Gasteiger partial charge in [-0.2, -0.15) is 18.3 Å². The van der Waals surface area contributed by atoms with Gasteiger partial charge in [0.05, 0.1) is 40.2 Å². The van der Waals surface area contributed by atoms with Crippen LogP contribution in [0.15, 0.2) is 65.0 Å². The maximum atomic E-state index is 13.0. The number of halogens is 3. The molecule has 0 saturated heterocycles. The SMILES string of the molecule is N=S(=O)(c1ccc(CNC(=O)c2cnc3[nH]ncc3c2)nc1)c1cncc(CC(F)(F)F)c1. The van der Waals surface area contributed by atoms with Crippen LogP contribution in [-0.4, -0.2) is 41.4 Å². The zero-order valence-electron chi connectivity index (χ0n) is 16.8. The number of hydrogen-bond acceptors (Lipinski definition) is 7. The molecule has 4 heterocycles. The highest BCUT2D eigenvalue weighted by molar-refractivity contribution is 7.92. The van der Waals surface area contributed by atoms with Crippen molar-refractivity contribution < 1.29 is 22.2 Å². The van der Waals surface area contributed by atoms with Crippen LogP contribution in [0.5, 0.6) is 0 Å². The molecule has 170 valence electrons. The fourth-order valence-corrected chi connectivity index (χ4v) is 4.26. The van der Waals surface area contributed by atoms with E-state index >= 15 is 0 Å². The highest BCUT2D eigenvalue weighted by atomic mass is 32.2. The van der Waals surface area contributed by atoms with Crippen LogP contribution in [0.4, 0.5) is 13.2 Å². The van der Waals surface area contributed by atoms with Crippen molar-refractivity contribution >= 4 is 26.7 Å². The van der Waals surface area contributed by atoms with Gasteiger partial charge in [0.15, 0.2) is 5.65 Å². The Morgan fingerprint density at radius 1 is 1.06 bits per heavy atom. The number of alkyl halides is 3. The standard InChI is InChI=1S/C20H16F3N7O2S/c21-20(22,23)5-12-3-17(10-25-6-12)33(24,32)16-2-1-15(26-11-16)9-28-19(31)14-4-13-8-29-30-18(13)27-7-14/h1-4,6-8,10-11,24H,5,9H2,(H,28,31)(H,27,29,30). The topological polar surface area (TPSA) is 137 Å². The van der Waals surface area contributed by atoms with Crippen LogP contribution in [0, 0.1) is 4.78 Å². The van der Waals surface area contributed by atoms with Gasteiger partial charge in [-0.3, -0.25) is 19.9 Å². The number of aromatic nitrogens is 5. The molecular weight excluding hydrogens is 459 g/mol. The van der Waals surface area contributed by atoms with Gasteiger partial charge in [0.1, 0.15) is 9.73 Å². The lowest BCUT2D eigenvalue weighted by atomic mass is 10.2. The second-order valence-corrected chi connectivity index (χ2v) is 9.13. The number of fused-ring (bicyclic) bond motifs is 1. The minimum absolute atomic E-state index is 0.0122. The molecule has 4 aromatic heterocycles. The Balaban J connectivity index is 1.45. The molecule has 0 spiro atoms. The van der Waals surface area contributed by atoms with E-state index in [0.29, 0.717) is 22.3 Å². The van der Waals surface area contributed by atoms with Crippen LogP contribution in [0.2, 0.25) is 0 Å². The second-order valence-electron chi connectivity index (χ2n) is 7.08. The highest BCUT2D eigenvalue weighted by Crippen LogP contribution is 2.25. The third kappa shape index (κ3) is 5.14. The largest absolute Gasteiger partial charge is 0.393 e. The van der Waals surface area contributed by atoms with Crippen molar-refractivity contribution in [3.63, 3.8) is 0 Å². The van der Waals surface area contributed by atoms with Crippen molar-refractivity contribution in [1.29, 1.82) is 4.78 Å². The van der Waals surface area contributed by atoms with E-state index in [-0.39, 0.29) is 27.8 Å². The van der Waals surface area contributed by atoms with Crippen molar-refractivity contribution in [3.05, 3.63) is 72.1 Å². The average Bonchev–Trinajstić information content (AvgIpc) is 3.25. The third-order valence-electron chi connectivity index (χ3n) is 4.62. The Bertz CT molecular complexity index is 1420. The summed E-state index contributed by atoms with van der Waals surface area (Å²) in [6.45, 7) is 0.0599. The maximum absolute atomic E-state index is 13.0. The number of aromatic amines is 1. The molecular formula is C20H16F3N7O2S. The van der Waals surface area contributed by atoms with Gasteiger partial charge in [-0.1, -0.05) is 0 Å². The second kappa shape index (κ2) is 8.58. The normalized spacial score (nSPS) is 13.5. The highest BCUT2D eigenvalue weighted by Gasteiger charge is 2.28. The molecule has 0 aromatic carbocycles. The van der Waals surface area contributed by atoms with Crippen LogP contribution in [-0.2, 0) is 22.7 Å². The number of H-pyrrole nitrogens is 1. The molecule has 4 aromatic rings. The number of pyridine rings is 3. The van der Waals surface area contributed by atoms with Gasteiger partial charge in [0.25, 0.3) is 5.91 Å². The Morgan fingerprint density at radius 2 is 1.88 bits per heavy atom. The van der Waals surface area contributed by atoms with Gasteiger partial charge in [-0.25, -0.2) is 14.0 Å². The summed E-state index contributed by atoms with van der Waals surface area (Å²) < 4.78 is 59.1. The predicted molar refractivity (Wildman–Crippen MR) is 111 cm³/mol. The Morgan fingerprint density at radius 3 is 2.61 bits per heavy atom. The first kappa shape index (κ1) is 22.3. The molecule has 3 N–H and O–H groups in total. The number of hydrogen-bond donors (Lipinski definition) is 3.